The highest BCUT2D eigenvalue weighted by Crippen LogP contribution is 2.44. The van der Waals surface area contributed by atoms with E-state index in [2.05, 4.69) is 10.4 Å². The molecule has 4 N–H and O–H groups in total. The van der Waals surface area contributed by atoms with E-state index in [1.807, 2.05) is 60.4 Å². The van der Waals surface area contributed by atoms with E-state index in [1.54, 1.807) is 6.92 Å². The van der Waals surface area contributed by atoms with E-state index in [0.717, 1.165) is 28.5 Å². The quantitative estimate of drug-likeness (QED) is 0.267. The maximum Gasteiger partial charge on any atom is 0.407 e. The van der Waals surface area contributed by atoms with Crippen LogP contribution < -0.4 is 16.6 Å². The van der Waals surface area contributed by atoms with Crippen LogP contribution in [-0.2, 0) is 19.0 Å². The number of aromatic nitrogens is 3. The molecule has 1 aliphatic carbocycles. The number of aliphatic hydroxyl groups excluding tert-OH is 2. The van der Waals surface area contributed by atoms with Crippen LogP contribution in [0.5, 0.6) is 0 Å². The number of nitrogens with zero attached hydrogens (tertiary/aromatic N) is 2. The first-order valence-corrected chi connectivity index (χ1v) is 13.7. The Balaban J connectivity index is 1.20. The fourth-order valence-corrected chi connectivity index (χ4v) is 5.30. The highest BCUT2D eigenvalue weighted by atomic mass is 16.6. The predicted molar refractivity (Wildman–Crippen MR) is 147 cm³/mol. The predicted octanol–water partition coefficient (Wildman–Crippen LogP) is 1.05. The maximum absolute atomic E-state index is 13.1. The van der Waals surface area contributed by atoms with Gasteiger partial charge >= 0.3 is 17.8 Å². The Morgan fingerprint density at radius 1 is 1.02 bits per heavy atom. The fraction of sp³-hybridized carbons (Fsp3) is 0.414. The van der Waals surface area contributed by atoms with Crippen molar-refractivity contribution >= 4 is 12.1 Å². The average Bonchev–Trinajstić information content (AvgIpc) is 3.46. The largest absolute Gasteiger partial charge is 0.461 e. The number of aliphatic hydroxyl groups is 2. The number of hydrogen-bond acceptors (Lipinski definition) is 10. The van der Waals surface area contributed by atoms with E-state index in [1.165, 1.54) is 0 Å². The average molecular weight is 581 g/mol. The Hall–Kier alpha value is -4.33. The van der Waals surface area contributed by atoms with Gasteiger partial charge in [-0.1, -0.05) is 68.8 Å². The molecule has 222 valence electrons. The number of hydrogen-bond donors (Lipinski definition) is 4. The molecule has 1 saturated heterocycles. The number of alkyl carbamates (subject to hydrolysis) is 1. The van der Waals surface area contributed by atoms with Crippen LogP contribution in [0.3, 0.4) is 0 Å². The van der Waals surface area contributed by atoms with Gasteiger partial charge in [0, 0.05) is 5.92 Å². The summed E-state index contributed by atoms with van der Waals surface area (Å²) in [6.45, 7) is 3.21. The van der Waals surface area contributed by atoms with E-state index in [4.69, 9.17) is 14.2 Å². The molecule has 6 atom stereocenters. The lowest BCUT2D eigenvalue weighted by atomic mass is 9.98. The van der Waals surface area contributed by atoms with Gasteiger partial charge in [-0.3, -0.25) is 9.78 Å². The number of H-pyrrole nitrogens is 1. The molecule has 2 aromatic carbocycles. The van der Waals surface area contributed by atoms with Crippen molar-refractivity contribution in [3.05, 3.63) is 86.7 Å². The molecule has 0 spiro atoms. The summed E-state index contributed by atoms with van der Waals surface area (Å²) < 4.78 is 17.2. The van der Waals surface area contributed by atoms with Gasteiger partial charge in [0.2, 0.25) is 0 Å². The Bertz CT molecular complexity index is 1530. The molecule has 1 amide bonds. The van der Waals surface area contributed by atoms with Crippen LogP contribution in [0.25, 0.3) is 11.1 Å². The van der Waals surface area contributed by atoms with Gasteiger partial charge in [0.05, 0.1) is 0 Å². The normalized spacial score (nSPS) is 22.6. The number of esters is 1. The summed E-state index contributed by atoms with van der Waals surface area (Å²) in [4.78, 5) is 51.2. The molecule has 0 saturated carbocycles. The van der Waals surface area contributed by atoms with Crippen molar-refractivity contribution in [1.82, 2.24) is 20.1 Å². The Kier molecular flexibility index (Phi) is 8.52. The molecule has 1 fully saturated rings. The first kappa shape index (κ1) is 29.2. The molecule has 1 aliphatic heterocycles. The van der Waals surface area contributed by atoms with Crippen molar-refractivity contribution < 1.29 is 34.0 Å². The molecule has 2 heterocycles. The Labute approximate surface area is 240 Å². The van der Waals surface area contributed by atoms with E-state index in [0.29, 0.717) is 11.1 Å². The van der Waals surface area contributed by atoms with Gasteiger partial charge in [-0.15, -0.1) is 0 Å². The molecule has 2 aliphatic rings. The third-order valence-electron chi connectivity index (χ3n) is 7.79. The monoisotopic (exact) mass is 580 g/mol. The van der Waals surface area contributed by atoms with Crippen LogP contribution >= 0.6 is 0 Å². The summed E-state index contributed by atoms with van der Waals surface area (Å²) in [6, 6.07) is 14.8. The second-order valence-electron chi connectivity index (χ2n) is 10.4. The zero-order chi connectivity index (χ0) is 30.0. The lowest BCUT2D eigenvalue weighted by Gasteiger charge is -2.24. The molecular weight excluding hydrogens is 548 g/mol. The third-order valence-corrected chi connectivity index (χ3v) is 7.79. The van der Waals surface area contributed by atoms with Gasteiger partial charge < -0.3 is 29.7 Å². The lowest BCUT2D eigenvalue weighted by Crippen LogP contribution is -2.47. The Morgan fingerprint density at radius 3 is 2.29 bits per heavy atom. The van der Waals surface area contributed by atoms with Gasteiger partial charge in [-0.05, 0) is 28.2 Å². The molecule has 13 nitrogen and oxygen atoms in total. The minimum atomic E-state index is -1.59. The van der Waals surface area contributed by atoms with Gasteiger partial charge in [0.15, 0.2) is 6.23 Å². The highest BCUT2D eigenvalue weighted by Gasteiger charge is 2.45. The summed E-state index contributed by atoms with van der Waals surface area (Å²) in [7, 11) is 0. The minimum Gasteiger partial charge on any atom is -0.461 e. The number of aromatic amines is 1. The first-order chi connectivity index (χ1) is 20.2. The molecular formula is C29H32N4O9. The summed E-state index contributed by atoms with van der Waals surface area (Å²) in [5.74, 6) is -1.26. The van der Waals surface area contributed by atoms with Crippen LogP contribution in [0, 0.1) is 5.92 Å². The van der Waals surface area contributed by atoms with E-state index in [9.17, 15) is 29.4 Å². The zero-order valence-corrected chi connectivity index (χ0v) is 23.0. The third kappa shape index (κ3) is 5.71. The summed E-state index contributed by atoms with van der Waals surface area (Å²) >= 11 is 0. The second-order valence-corrected chi connectivity index (χ2v) is 10.4. The van der Waals surface area contributed by atoms with Gasteiger partial charge in [-0.25, -0.2) is 14.4 Å². The molecule has 13 heteroatoms. The standard InChI is InChI=1S/C29H32N4O9/c1-3-15(2)23(27(37)40-14-21-24(35)25(36)26(42-21)33-28(38)31-22(34)12-30-33)32-29(39)41-13-20-18-10-6-4-8-16(18)17-9-5-7-11-19(17)20/h4-12,15,20-21,23-26,35-36H,3,13-14H2,1-2H3,(H,32,39)(H,31,34,38)/t15-,21-,23-,24-,25-,26-/m1/s1. The first-order valence-electron chi connectivity index (χ1n) is 13.7. The van der Waals surface area contributed by atoms with Crippen LogP contribution in [0.15, 0.2) is 64.3 Å². The molecule has 0 bridgehead atoms. The SMILES string of the molecule is CC[C@@H](C)[C@@H](NC(=O)OCC1c2ccccc2-c2ccccc21)C(=O)OC[C@H]1O[C@@H](n2ncc(=O)[nH]c2=O)[C@H](O)[C@@H]1O. The molecule has 0 unspecified atom stereocenters. The number of nitrogens with one attached hydrogen (secondary N) is 2. The number of carbonyl (C=O) groups excluding carboxylic acids is 2. The highest BCUT2D eigenvalue weighted by molar-refractivity contribution is 5.82. The maximum atomic E-state index is 13.1. The van der Waals surface area contributed by atoms with Crippen molar-refractivity contribution in [2.75, 3.05) is 13.2 Å². The summed E-state index contributed by atoms with van der Waals surface area (Å²) in [5, 5.41) is 27.1. The van der Waals surface area contributed by atoms with Crippen molar-refractivity contribution in [3.8, 4) is 11.1 Å². The minimum absolute atomic E-state index is 0.0711. The van der Waals surface area contributed by atoms with Crippen molar-refractivity contribution in [3.63, 3.8) is 0 Å². The van der Waals surface area contributed by atoms with E-state index >= 15 is 0 Å². The topological polar surface area (TPSA) is 182 Å². The molecule has 42 heavy (non-hydrogen) atoms. The van der Waals surface area contributed by atoms with Crippen LogP contribution in [0.2, 0.25) is 0 Å². The van der Waals surface area contributed by atoms with Crippen LogP contribution in [0.4, 0.5) is 4.79 Å². The van der Waals surface area contributed by atoms with Gasteiger partial charge in [0.25, 0.3) is 5.56 Å². The number of rotatable bonds is 9. The molecule has 3 aromatic rings. The molecule has 0 radical (unpaired) electrons. The van der Waals surface area contributed by atoms with Gasteiger partial charge in [-0.2, -0.15) is 9.78 Å². The number of carbonyl (C=O) groups is 2. The van der Waals surface area contributed by atoms with E-state index in [-0.39, 0.29) is 18.4 Å². The molecule has 5 rings (SSSR count). The van der Waals surface area contributed by atoms with E-state index < -0.39 is 60.5 Å². The van der Waals surface area contributed by atoms with Crippen molar-refractivity contribution in [2.24, 2.45) is 5.92 Å². The molecule has 1 aromatic heterocycles. The van der Waals surface area contributed by atoms with Crippen LogP contribution in [0.1, 0.15) is 43.5 Å². The number of fused-ring (bicyclic) bond motifs is 3. The lowest BCUT2D eigenvalue weighted by molar-refractivity contribution is -0.154. The number of benzene rings is 2. The number of ether oxygens (including phenoxy) is 3. The smallest absolute Gasteiger partial charge is 0.407 e. The summed E-state index contributed by atoms with van der Waals surface area (Å²) in [6.07, 6.45) is -5.17. The van der Waals surface area contributed by atoms with Crippen LogP contribution in [-0.4, -0.2) is 74.6 Å². The zero-order valence-electron chi connectivity index (χ0n) is 23.0. The fourth-order valence-electron chi connectivity index (χ4n) is 5.30. The van der Waals surface area contributed by atoms with Crippen molar-refractivity contribution in [2.45, 2.75) is 56.8 Å². The van der Waals surface area contributed by atoms with Crippen molar-refractivity contribution in [1.29, 1.82) is 0 Å². The number of amides is 1. The summed E-state index contributed by atoms with van der Waals surface area (Å²) in [5.41, 5.74) is 2.61. The Morgan fingerprint density at radius 2 is 1.67 bits per heavy atom. The van der Waals surface area contributed by atoms with Gasteiger partial charge in [0.1, 0.15) is 43.8 Å². The second kappa shape index (κ2) is 12.3.